The average molecular weight is 430 g/mol. The van der Waals surface area contributed by atoms with Crippen molar-refractivity contribution in [3.63, 3.8) is 0 Å². The lowest BCUT2D eigenvalue weighted by Crippen LogP contribution is -2.44. The van der Waals surface area contributed by atoms with Gasteiger partial charge >= 0.3 is 6.03 Å². The minimum atomic E-state index is -0.382. The van der Waals surface area contributed by atoms with E-state index in [4.69, 9.17) is 0 Å². The summed E-state index contributed by atoms with van der Waals surface area (Å²) in [5.74, 6) is -0.295. The van der Waals surface area contributed by atoms with E-state index in [1.807, 2.05) is 38.1 Å². The number of carbonyl (C=O) groups excluding carboxylic acids is 2. The summed E-state index contributed by atoms with van der Waals surface area (Å²) < 4.78 is 0. The van der Waals surface area contributed by atoms with Gasteiger partial charge < -0.3 is 10.2 Å². The van der Waals surface area contributed by atoms with Crippen LogP contribution < -0.4 is 10.2 Å². The van der Waals surface area contributed by atoms with E-state index in [2.05, 4.69) is 56.1 Å². The maximum atomic E-state index is 13.0. The lowest BCUT2D eigenvalue weighted by molar-refractivity contribution is -0.123. The van der Waals surface area contributed by atoms with Crippen LogP contribution in [-0.2, 0) is 11.3 Å². The number of amides is 3. The van der Waals surface area contributed by atoms with E-state index in [0.29, 0.717) is 5.70 Å². The van der Waals surface area contributed by atoms with Gasteiger partial charge in [-0.2, -0.15) is 0 Å². The van der Waals surface area contributed by atoms with Gasteiger partial charge in [-0.3, -0.25) is 9.69 Å². The van der Waals surface area contributed by atoms with Gasteiger partial charge in [-0.25, -0.2) is 4.79 Å². The molecule has 2 aliphatic rings. The number of likely N-dealkylation sites (N-methyl/N-ethyl adjacent to an activating group) is 1. The summed E-state index contributed by atoms with van der Waals surface area (Å²) in [4.78, 5) is 29.2. The van der Waals surface area contributed by atoms with Gasteiger partial charge in [0.25, 0.3) is 5.91 Å². The highest BCUT2D eigenvalue weighted by Gasteiger charge is 2.34. The standard InChI is InChI=1S/C27H31N3O2/c1-7-30-24-12-18(3)21(13-22(24)19(4)15-27(30,5)6)14-23-25(31)29(26(32)28-23)16-20-10-8-17(2)9-11-20/h8-15H,7,16H2,1-6H3,(H,28,32)/b23-14+. The Morgan fingerprint density at radius 1 is 1.03 bits per heavy atom. The van der Waals surface area contributed by atoms with Crippen molar-refractivity contribution in [1.29, 1.82) is 0 Å². The summed E-state index contributed by atoms with van der Waals surface area (Å²) in [5.41, 5.74) is 7.93. The minimum absolute atomic E-state index is 0.0515. The molecule has 0 aliphatic carbocycles. The largest absolute Gasteiger partial charge is 0.363 e. The van der Waals surface area contributed by atoms with Crippen LogP contribution >= 0.6 is 0 Å². The SMILES string of the molecule is CCN1c2cc(C)c(/C=C3/NC(=O)N(Cc4ccc(C)cc4)C3=O)cc2C(C)=CC1(C)C. The molecule has 0 saturated carbocycles. The van der Waals surface area contributed by atoms with Crippen molar-refractivity contribution in [3.05, 3.63) is 76.0 Å². The van der Waals surface area contributed by atoms with Gasteiger partial charge in [0.15, 0.2) is 0 Å². The van der Waals surface area contributed by atoms with E-state index in [1.54, 1.807) is 6.08 Å². The molecule has 1 fully saturated rings. The lowest BCUT2D eigenvalue weighted by Gasteiger charge is -2.43. The zero-order valence-electron chi connectivity index (χ0n) is 19.7. The fraction of sp³-hybridized carbons (Fsp3) is 0.333. The summed E-state index contributed by atoms with van der Waals surface area (Å²) in [6, 6.07) is 11.8. The summed E-state index contributed by atoms with van der Waals surface area (Å²) >= 11 is 0. The van der Waals surface area contributed by atoms with Gasteiger partial charge in [0.2, 0.25) is 0 Å². The van der Waals surface area contributed by atoms with Crippen molar-refractivity contribution in [2.75, 3.05) is 11.4 Å². The molecule has 2 aliphatic heterocycles. The summed E-state index contributed by atoms with van der Waals surface area (Å²) in [5, 5.41) is 2.76. The Morgan fingerprint density at radius 2 is 1.72 bits per heavy atom. The van der Waals surface area contributed by atoms with Gasteiger partial charge in [-0.05, 0) is 82.0 Å². The summed E-state index contributed by atoms with van der Waals surface area (Å²) in [7, 11) is 0. The molecule has 1 N–H and O–H groups in total. The zero-order valence-corrected chi connectivity index (χ0v) is 19.7. The topological polar surface area (TPSA) is 52.7 Å². The molecule has 0 radical (unpaired) electrons. The Morgan fingerprint density at radius 3 is 2.38 bits per heavy atom. The second-order valence-corrected chi connectivity index (χ2v) is 9.32. The van der Waals surface area contributed by atoms with Gasteiger partial charge in [0.05, 0.1) is 12.1 Å². The number of hydrogen-bond donors (Lipinski definition) is 1. The second kappa shape index (κ2) is 7.97. The van der Waals surface area contributed by atoms with Crippen LogP contribution in [0.3, 0.4) is 0 Å². The van der Waals surface area contributed by atoms with Crippen LogP contribution in [0, 0.1) is 13.8 Å². The number of rotatable bonds is 4. The number of carbonyl (C=O) groups is 2. The molecule has 166 valence electrons. The minimum Gasteiger partial charge on any atom is -0.363 e. The Hall–Kier alpha value is -3.34. The third-order valence-electron chi connectivity index (χ3n) is 6.41. The molecular formula is C27H31N3O2. The zero-order chi connectivity index (χ0) is 23.2. The molecule has 32 heavy (non-hydrogen) atoms. The van der Waals surface area contributed by atoms with Crippen molar-refractivity contribution in [1.82, 2.24) is 10.2 Å². The van der Waals surface area contributed by atoms with Gasteiger partial charge in [0.1, 0.15) is 5.70 Å². The third-order valence-corrected chi connectivity index (χ3v) is 6.41. The number of anilines is 1. The molecule has 5 heteroatoms. The monoisotopic (exact) mass is 429 g/mol. The molecule has 0 unspecified atom stereocenters. The molecular weight excluding hydrogens is 398 g/mol. The number of benzene rings is 2. The van der Waals surface area contributed by atoms with Crippen LogP contribution in [-0.4, -0.2) is 28.9 Å². The number of nitrogens with zero attached hydrogens (tertiary/aromatic N) is 2. The molecule has 3 amide bonds. The average Bonchev–Trinajstić information content (AvgIpc) is 2.98. The van der Waals surface area contributed by atoms with E-state index in [9.17, 15) is 9.59 Å². The first-order valence-electron chi connectivity index (χ1n) is 11.1. The molecule has 5 nitrogen and oxygen atoms in total. The van der Waals surface area contributed by atoms with Gasteiger partial charge in [-0.1, -0.05) is 35.9 Å². The molecule has 4 rings (SSSR count). The highest BCUT2D eigenvalue weighted by molar-refractivity contribution is 6.14. The smallest absolute Gasteiger partial charge is 0.329 e. The van der Waals surface area contributed by atoms with Crippen molar-refractivity contribution in [2.24, 2.45) is 0 Å². The van der Waals surface area contributed by atoms with Crippen LogP contribution in [0.25, 0.3) is 11.6 Å². The van der Waals surface area contributed by atoms with Crippen molar-refractivity contribution in [2.45, 2.75) is 53.6 Å². The summed E-state index contributed by atoms with van der Waals surface area (Å²) in [6.45, 7) is 14.0. The van der Waals surface area contributed by atoms with Gasteiger partial charge in [0, 0.05) is 17.8 Å². The van der Waals surface area contributed by atoms with E-state index >= 15 is 0 Å². The molecule has 0 aromatic heterocycles. The Kier molecular flexibility index (Phi) is 5.45. The van der Waals surface area contributed by atoms with Crippen LogP contribution in [0.5, 0.6) is 0 Å². The van der Waals surface area contributed by atoms with Crippen molar-refractivity contribution >= 4 is 29.3 Å². The molecule has 1 saturated heterocycles. The Labute approximate surface area is 190 Å². The Balaban J connectivity index is 1.66. The number of urea groups is 1. The quantitative estimate of drug-likeness (QED) is 0.522. The second-order valence-electron chi connectivity index (χ2n) is 9.32. The van der Waals surface area contributed by atoms with E-state index in [1.165, 1.54) is 16.2 Å². The first-order chi connectivity index (χ1) is 15.1. The van der Waals surface area contributed by atoms with E-state index in [-0.39, 0.29) is 24.0 Å². The molecule has 0 atom stereocenters. The maximum absolute atomic E-state index is 13.0. The van der Waals surface area contributed by atoms with Gasteiger partial charge in [-0.15, -0.1) is 0 Å². The highest BCUT2D eigenvalue weighted by atomic mass is 16.2. The Bertz CT molecular complexity index is 1160. The van der Waals surface area contributed by atoms with Crippen molar-refractivity contribution in [3.8, 4) is 0 Å². The normalized spacial score (nSPS) is 18.7. The first kappa shape index (κ1) is 21.9. The summed E-state index contributed by atoms with van der Waals surface area (Å²) in [6.07, 6.45) is 4.09. The highest BCUT2D eigenvalue weighted by Crippen LogP contribution is 2.40. The van der Waals surface area contributed by atoms with E-state index in [0.717, 1.165) is 34.4 Å². The first-order valence-corrected chi connectivity index (χ1v) is 11.1. The number of allylic oxidation sites excluding steroid dienone is 1. The predicted molar refractivity (Wildman–Crippen MR) is 130 cm³/mol. The lowest BCUT2D eigenvalue weighted by atomic mass is 9.87. The van der Waals surface area contributed by atoms with Crippen LogP contribution in [0.4, 0.5) is 10.5 Å². The maximum Gasteiger partial charge on any atom is 0.329 e. The van der Waals surface area contributed by atoms with Crippen LogP contribution in [0.2, 0.25) is 0 Å². The molecule has 0 bridgehead atoms. The molecule has 0 spiro atoms. The van der Waals surface area contributed by atoms with Crippen LogP contribution in [0.1, 0.15) is 55.5 Å². The molecule has 2 aromatic rings. The number of nitrogens with one attached hydrogen (secondary N) is 1. The molecule has 2 heterocycles. The fourth-order valence-electron chi connectivity index (χ4n) is 4.72. The number of imide groups is 1. The number of aryl methyl sites for hydroxylation is 2. The number of hydrogen-bond acceptors (Lipinski definition) is 3. The van der Waals surface area contributed by atoms with E-state index < -0.39 is 0 Å². The number of fused-ring (bicyclic) bond motifs is 1. The third kappa shape index (κ3) is 3.83. The molecule has 2 aromatic carbocycles. The van der Waals surface area contributed by atoms with Crippen molar-refractivity contribution < 1.29 is 9.59 Å². The van der Waals surface area contributed by atoms with Crippen LogP contribution in [0.15, 0.2) is 48.2 Å². The predicted octanol–water partition coefficient (Wildman–Crippen LogP) is 5.42. The fourth-order valence-corrected chi connectivity index (χ4v) is 4.72.